The molecule has 4 nitrogen and oxygen atoms in total. The molecule has 1 heterocycles. The summed E-state index contributed by atoms with van der Waals surface area (Å²) >= 11 is 0. The van der Waals surface area contributed by atoms with Gasteiger partial charge in [-0.3, -0.25) is 0 Å². The molecule has 1 aliphatic rings. The van der Waals surface area contributed by atoms with E-state index in [0.29, 0.717) is 0 Å². The van der Waals surface area contributed by atoms with E-state index in [1.807, 2.05) is 0 Å². The summed E-state index contributed by atoms with van der Waals surface area (Å²) in [5.41, 5.74) is -3.93. The van der Waals surface area contributed by atoms with E-state index in [9.17, 15) is 17.9 Å². The number of halogens is 4. The minimum absolute atomic E-state index is 0.638. The first-order chi connectivity index (χ1) is 6.30. The third-order valence-electron chi connectivity index (χ3n) is 2.02. The van der Waals surface area contributed by atoms with Crippen molar-refractivity contribution in [3.8, 4) is 0 Å². The fourth-order valence-corrected chi connectivity index (χ4v) is 0.857. The Morgan fingerprint density at radius 3 is 1.29 bits per heavy atom. The Hall–Kier alpha value is -0.440. The van der Waals surface area contributed by atoms with Crippen LogP contribution in [0.25, 0.3) is 0 Å². The van der Waals surface area contributed by atoms with Gasteiger partial charge < -0.3 is 9.47 Å². The van der Waals surface area contributed by atoms with Crippen molar-refractivity contribution in [1.82, 2.24) is 10.7 Å². The zero-order valence-corrected chi connectivity index (χ0v) is 7.64. The standard InChI is InChI=1S/C6H10F4N2O2/c1-5(11(7)8)3-14-6(2,4-13-5)12(9)10/h3-4H2,1-2H3. The van der Waals surface area contributed by atoms with Gasteiger partial charge in [-0.1, -0.05) is 17.9 Å². The molecule has 0 aromatic rings. The Balaban J connectivity index is 2.62. The lowest BCUT2D eigenvalue weighted by Crippen LogP contribution is -2.58. The molecule has 1 aliphatic heterocycles. The van der Waals surface area contributed by atoms with Gasteiger partial charge in [0, 0.05) is 0 Å². The summed E-state index contributed by atoms with van der Waals surface area (Å²) in [6, 6.07) is 0. The second-order valence-electron chi connectivity index (χ2n) is 3.39. The first-order valence-electron chi connectivity index (χ1n) is 3.82. The number of hydrogen-bond acceptors (Lipinski definition) is 4. The molecular weight excluding hydrogens is 208 g/mol. The Morgan fingerprint density at radius 2 is 1.14 bits per heavy atom. The lowest BCUT2D eigenvalue weighted by atomic mass is 10.2. The molecule has 1 rings (SSSR count). The van der Waals surface area contributed by atoms with Gasteiger partial charge in [0.1, 0.15) is 0 Å². The van der Waals surface area contributed by atoms with Crippen molar-refractivity contribution < 1.29 is 27.4 Å². The van der Waals surface area contributed by atoms with Crippen molar-refractivity contribution in [3.63, 3.8) is 0 Å². The first-order valence-corrected chi connectivity index (χ1v) is 3.82. The van der Waals surface area contributed by atoms with Gasteiger partial charge in [-0.2, -0.15) is 0 Å². The van der Waals surface area contributed by atoms with Crippen LogP contribution in [0.5, 0.6) is 0 Å². The first kappa shape index (κ1) is 11.6. The Labute approximate surface area is 77.7 Å². The lowest BCUT2D eigenvalue weighted by molar-refractivity contribution is -0.421. The average Bonchev–Trinajstić information content (AvgIpc) is 2.10. The van der Waals surface area contributed by atoms with Crippen molar-refractivity contribution in [3.05, 3.63) is 0 Å². The van der Waals surface area contributed by atoms with Crippen LogP contribution in [0.2, 0.25) is 0 Å². The Kier molecular flexibility index (Phi) is 3.00. The number of hydrogen-bond donors (Lipinski definition) is 0. The van der Waals surface area contributed by atoms with Gasteiger partial charge in [0.05, 0.1) is 23.9 Å². The van der Waals surface area contributed by atoms with E-state index in [4.69, 9.17) is 0 Å². The molecule has 0 bridgehead atoms. The molecule has 0 aliphatic carbocycles. The van der Waals surface area contributed by atoms with Crippen molar-refractivity contribution in [2.75, 3.05) is 13.2 Å². The fourth-order valence-electron chi connectivity index (χ4n) is 0.857. The maximum atomic E-state index is 12.2. The largest absolute Gasteiger partial charge is 0.348 e. The Bertz CT molecular complexity index is 184. The van der Waals surface area contributed by atoms with Crippen LogP contribution in [0.4, 0.5) is 17.9 Å². The van der Waals surface area contributed by atoms with Gasteiger partial charge >= 0.3 is 0 Å². The third kappa shape index (κ3) is 1.97. The number of nitrogens with zero attached hydrogens (tertiary/aromatic N) is 2. The van der Waals surface area contributed by atoms with Crippen LogP contribution >= 0.6 is 0 Å². The van der Waals surface area contributed by atoms with Crippen LogP contribution in [0.3, 0.4) is 0 Å². The molecule has 0 saturated carbocycles. The molecule has 8 heteroatoms. The summed E-state index contributed by atoms with van der Waals surface area (Å²) in [6.45, 7) is 0.822. The molecular formula is C6H10F4N2O2. The van der Waals surface area contributed by atoms with Gasteiger partial charge in [-0.25, -0.2) is 0 Å². The summed E-state index contributed by atoms with van der Waals surface area (Å²) in [5.74, 6) is 0. The van der Waals surface area contributed by atoms with Crippen LogP contribution in [0.1, 0.15) is 13.8 Å². The fraction of sp³-hybridized carbons (Fsp3) is 1.00. The molecule has 84 valence electrons. The monoisotopic (exact) mass is 218 g/mol. The SMILES string of the molecule is CC1(N(F)F)COC(C)(N(F)F)CO1. The maximum absolute atomic E-state index is 12.2. The Morgan fingerprint density at radius 1 is 0.857 bits per heavy atom. The smallest absolute Gasteiger partial charge is 0.201 e. The summed E-state index contributed by atoms with van der Waals surface area (Å²) in [5, 5.41) is -2.40. The van der Waals surface area contributed by atoms with E-state index in [1.165, 1.54) is 0 Å². The molecule has 0 N–H and O–H groups in total. The minimum atomic E-state index is -1.96. The van der Waals surface area contributed by atoms with Crippen LogP contribution < -0.4 is 0 Å². The second kappa shape index (κ2) is 3.61. The van der Waals surface area contributed by atoms with Crippen LogP contribution in [0, 0.1) is 0 Å². The van der Waals surface area contributed by atoms with E-state index in [-0.39, 0.29) is 0 Å². The number of rotatable bonds is 2. The zero-order valence-electron chi connectivity index (χ0n) is 7.64. The quantitative estimate of drug-likeness (QED) is 0.519. The zero-order chi connectivity index (χ0) is 11.0. The van der Waals surface area contributed by atoms with Gasteiger partial charge in [0.15, 0.2) is 0 Å². The van der Waals surface area contributed by atoms with Crippen molar-refractivity contribution in [1.29, 1.82) is 0 Å². The van der Waals surface area contributed by atoms with Gasteiger partial charge in [-0.15, -0.1) is 0 Å². The van der Waals surface area contributed by atoms with Crippen LogP contribution in [-0.2, 0) is 9.47 Å². The topological polar surface area (TPSA) is 24.9 Å². The highest BCUT2D eigenvalue weighted by molar-refractivity contribution is 4.79. The van der Waals surface area contributed by atoms with E-state index >= 15 is 0 Å². The summed E-state index contributed by atoms with van der Waals surface area (Å²) in [7, 11) is 0. The highest BCUT2D eigenvalue weighted by Gasteiger charge is 2.48. The minimum Gasteiger partial charge on any atom is -0.348 e. The molecule has 2 unspecified atom stereocenters. The van der Waals surface area contributed by atoms with E-state index in [0.717, 1.165) is 13.8 Å². The molecule has 0 aromatic carbocycles. The van der Waals surface area contributed by atoms with E-state index in [1.54, 1.807) is 0 Å². The predicted octanol–water partition coefficient (Wildman–Crippen LogP) is 1.61. The summed E-state index contributed by atoms with van der Waals surface area (Å²) in [6.07, 6.45) is 0. The lowest BCUT2D eigenvalue weighted by Gasteiger charge is -2.41. The molecule has 2 atom stereocenters. The summed E-state index contributed by atoms with van der Waals surface area (Å²) in [4.78, 5) is 0. The second-order valence-corrected chi connectivity index (χ2v) is 3.39. The molecule has 0 radical (unpaired) electrons. The third-order valence-corrected chi connectivity index (χ3v) is 2.02. The molecule has 1 fully saturated rings. The van der Waals surface area contributed by atoms with Crippen LogP contribution in [0.15, 0.2) is 0 Å². The summed E-state index contributed by atoms with van der Waals surface area (Å²) < 4.78 is 58.0. The molecule has 1 saturated heterocycles. The highest BCUT2D eigenvalue weighted by Crippen LogP contribution is 2.31. The molecule has 14 heavy (non-hydrogen) atoms. The van der Waals surface area contributed by atoms with Crippen molar-refractivity contribution >= 4 is 0 Å². The maximum Gasteiger partial charge on any atom is 0.201 e. The average molecular weight is 218 g/mol. The predicted molar refractivity (Wildman–Crippen MR) is 36.8 cm³/mol. The van der Waals surface area contributed by atoms with Gasteiger partial charge in [0.25, 0.3) is 0 Å². The molecule has 0 aromatic heterocycles. The molecule has 0 amide bonds. The normalized spacial score (nSPS) is 39.4. The van der Waals surface area contributed by atoms with Crippen molar-refractivity contribution in [2.45, 2.75) is 25.3 Å². The van der Waals surface area contributed by atoms with Crippen LogP contribution in [-0.4, -0.2) is 35.4 Å². The van der Waals surface area contributed by atoms with E-state index < -0.39 is 35.4 Å². The molecule has 0 spiro atoms. The van der Waals surface area contributed by atoms with Gasteiger partial charge in [-0.05, 0) is 13.8 Å². The number of ether oxygens (including phenoxy) is 2. The van der Waals surface area contributed by atoms with E-state index in [2.05, 4.69) is 9.47 Å². The van der Waals surface area contributed by atoms with Crippen molar-refractivity contribution in [2.24, 2.45) is 0 Å². The van der Waals surface area contributed by atoms with Gasteiger partial charge in [0.2, 0.25) is 11.4 Å². The highest BCUT2D eigenvalue weighted by atomic mass is 19.4.